The third kappa shape index (κ3) is 4.66. The summed E-state index contributed by atoms with van der Waals surface area (Å²) < 4.78 is 0. The molecule has 0 radical (unpaired) electrons. The normalized spacial score (nSPS) is 16.6. The molecule has 1 fully saturated rings. The summed E-state index contributed by atoms with van der Waals surface area (Å²) >= 11 is 0. The number of fused-ring (bicyclic) bond motifs is 1. The first kappa shape index (κ1) is 20.5. The average Bonchev–Trinajstić information content (AvgIpc) is 2.79. The van der Waals surface area contributed by atoms with E-state index in [9.17, 15) is 9.59 Å². The summed E-state index contributed by atoms with van der Waals surface area (Å²) in [5.41, 5.74) is 4.96. The van der Waals surface area contributed by atoms with Gasteiger partial charge in [-0.05, 0) is 48.6 Å². The first-order chi connectivity index (χ1) is 14.6. The lowest BCUT2D eigenvalue weighted by Crippen LogP contribution is -2.38. The highest BCUT2D eigenvalue weighted by molar-refractivity contribution is 6.02. The Kier molecular flexibility index (Phi) is 6.36. The largest absolute Gasteiger partial charge is 0.366 e. The zero-order chi connectivity index (χ0) is 20.9. The van der Waals surface area contributed by atoms with Gasteiger partial charge in [-0.1, -0.05) is 50.5 Å². The molecule has 2 aromatic rings. The van der Waals surface area contributed by atoms with E-state index < -0.39 is 0 Å². The molecular formula is C25H31N3O2. The highest BCUT2D eigenvalue weighted by Crippen LogP contribution is 2.30. The van der Waals surface area contributed by atoms with Gasteiger partial charge in [0.25, 0.3) is 5.91 Å². The van der Waals surface area contributed by atoms with Crippen LogP contribution in [0.1, 0.15) is 66.9 Å². The van der Waals surface area contributed by atoms with E-state index in [1.807, 2.05) is 25.1 Å². The molecule has 158 valence electrons. The predicted molar refractivity (Wildman–Crippen MR) is 121 cm³/mol. The molecule has 0 unspecified atom stereocenters. The lowest BCUT2D eigenvalue weighted by Gasteiger charge is -2.32. The highest BCUT2D eigenvalue weighted by atomic mass is 16.2. The van der Waals surface area contributed by atoms with Gasteiger partial charge in [0.05, 0.1) is 5.56 Å². The topological polar surface area (TPSA) is 61.4 Å². The number of rotatable bonds is 5. The molecular weight excluding hydrogens is 374 g/mol. The monoisotopic (exact) mass is 405 g/mol. The molecule has 0 saturated heterocycles. The fourth-order valence-electron chi connectivity index (χ4n) is 4.53. The molecule has 0 bridgehead atoms. The van der Waals surface area contributed by atoms with Gasteiger partial charge in [0.1, 0.15) is 0 Å². The van der Waals surface area contributed by atoms with Crippen LogP contribution in [0, 0.1) is 0 Å². The third-order valence-corrected chi connectivity index (χ3v) is 6.26. The summed E-state index contributed by atoms with van der Waals surface area (Å²) in [6.45, 7) is 3.49. The van der Waals surface area contributed by atoms with Crippen molar-refractivity contribution in [1.29, 1.82) is 0 Å². The van der Waals surface area contributed by atoms with Crippen molar-refractivity contribution in [3.63, 3.8) is 0 Å². The second-order valence-corrected chi connectivity index (χ2v) is 8.38. The second-order valence-electron chi connectivity index (χ2n) is 8.38. The molecule has 5 nitrogen and oxygen atoms in total. The minimum atomic E-state index is -0.0479. The molecule has 2 aromatic carbocycles. The Hall–Kier alpha value is -2.82. The van der Waals surface area contributed by atoms with E-state index in [-0.39, 0.29) is 17.9 Å². The van der Waals surface area contributed by atoms with Crippen LogP contribution in [0.5, 0.6) is 0 Å². The number of nitrogens with zero attached hydrogens (tertiary/aromatic N) is 1. The van der Waals surface area contributed by atoms with E-state index in [0.717, 1.165) is 38.0 Å². The van der Waals surface area contributed by atoms with Crippen molar-refractivity contribution in [2.45, 2.75) is 64.5 Å². The van der Waals surface area contributed by atoms with Crippen LogP contribution >= 0.6 is 0 Å². The first-order valence-corrected chi connectivity index (χ1v) is 11.2. The highest BCUT2D eigenvalue weighted by Gasteiger charge is 2.24. The van der Waals surface area contributed by atoms with Crippen molar-refractivity contribution in [2.75, 3.05) is 16.8 Å². The lowest BCUT2D eigenvalue weighted by atomic mass is 9.95. The van der Waals surface area contributed by atoms with Gasteiger partial charge in [0.2, 0.25) is 5.91 Å². The second kappa shape index (κ2) is 9.33. The Balaban J connectivity index is 1.61. The van der Waals surface area contributed by atoms with Crippen LogP contribution in [0.2, 0.25) is 0 Å². The van der Waals surface area contributed by atoms with Gasteiger partial charge in [0, 0.05) is 36.9 Å². The number of benzene rings is 2. The van der Waals surface area contributed by atoms with Crippen LogP contribution in [0.3, 0.4) is 0 Å². The van der Waals surface area contributed by atoms with E-state index in [2.05, 4.69) is 39.8 Å². The van der Waals surface area contributed by atoms with Crippen molar-refractivity contribution in [3.05, 3.63) is 59.2 Å². The minimum absolute atomic E-state index is 0.0386. The SMILES string of the molecule is CCC(=O)Nc1ccc(N2CCc3ccccc3C2)c(C(=O)NC2CCCCC2)c1. The lowest BCUT2D eigenvalue weighted by molar-refractivity contribution is -0.115. The van der Waals surface area contributed by atoms with Crippen molar-refractivity contribution in [3.8, 4) is 0 Å². The molecule has 2 amide bonds. The smallest absolute Gasteiger partial charge is 0.253 e. The number of hydrogen-bond donors (Lipinski definition) is 2. The zero-order valence-corrected chi connectivity index (χ0v) is 17.7. The molecule has 1 saturated carbocycles. The Bertz CT molecular complexity index is 918. The van der Waals surface area contributed by atoms with Gasteiger partial charge < -0.3 is 15.5 Å². The molecule has 30 heavy (non-hydrogen) atoms. The van der Waals surface area contributed by atoms with Crippen LogP contribution in [0.15, 0.2) is 42.5 Å². The van der Waals surface area contributed by atoms with Gasteiger partial charge in [0.15, 0.2) is 0 Å². The zero-order valence-electron chi connectivity index (χ0n) is 17.7. The number of carbonyl (C=O) groups excluding carboxylic acids is 2. The van der Waals surface area contributed by atoms with Crippen molar-refractivity contribution in [1.82, 2.24) is 5.32 Å². The number of nitrogens with one attached hydrogen (secondary N) is 2. The van der Waals surface area contributed by atoms with Gasteiger partial charge in [-0.2, -0.15) is 0 Å². The molecule has 2 N–H and O–H groups in total. The molecule has 1 aliphatic carbocycles. The van der Waals surface area contributed by atoms with E-state index in [1.165, 1.54) is 30.4 Å². The molecule has 4 rings (SSSR count). The van der Waals surface area contributed by atoms with Crippen LogP contribution in [-0.4, -0.2) is 24.4 Å². The minimum Gasteiger partial charge on any atom is -0.366 e. The van der Waals surface area contributed by atoms with Crippen LogP contribution in [0.4, 0.5) is 11.4 Å². The van der Waals surface area contributed by atoms with Gasteiger partial charge >= 0.3 is 0 Å². The fourth-order valence-corrected chi connectivity index (χ4v) is 4.53. The molecule has 5 heteroatoms. The van der Waals surface area contributed by atoms with E-state index in [0.29, 0.717) is 17.7 Å². The maximum atomic E-state index is 13.3. The molecule has 1 heterocycles. The van der Waals surface area contributed by atoms with Gasteiger partial charge in [-0.3, -0.25) is 9.59 Å². The Morgan fingerprint density at radius 2 is 1.80 bits per heavy atom. The van der Waals surface area contributed by atoms with E-state index in [1.54, 1.807) is 0 Å². The van der Waals surface area contributed by atoms with E-state index in [4.69, 9.17) is 0 Å². The molecule has 0 aromatic heterocycles. The summed E-state index contributed by atoms with van der Waals surface area (Å²) in [5, 5.41) is 6.15. The third-order valence-electron chi connectivity index (χ3n) is 6.26. The Morgan fingerprint density at radius 1 is 1.03 bits per heavy atom. The number of hydrogen-bond acceptors (Lipinski definition) is 3. The number of amides is 2. The van der Waals surface area contributed by atoms with Gasteiger partial charge in [-0.15, -0.1) is 0 Å². The Morgan fingerprint density at radius 3 is 2.57 bits per heavy atom. The molecule has 0 atom stereocenters. The van der Waals surface area contributed by atoms with Crippen molar-refractivity contribution in [2.24, 2.45) is 0 Å². The maximum Gasteiger partial charge on any atom is 0.253 e. The van der Waals surface area contributed by atoms with Gasteiger partial charge in [-0.25, -0.2) is 0 Å². The quantitative estimate of drug-likeness (QED) is 0.760. The molecule has 0 spiro atoms. The maximum absolute atomic E-state index is 13.3. The summed E-state index contributed by atoms with van der Waals surface area (Å²) in [4.78, 5) is 27.4. The fraction of sp³-hybridized carbons (Fsp3) is 0.440. The number of anilines is 2. The summed E-state index contributed by atoms with van der Waals surface area (Å²) in [7, 11) is 0. The number of carbonyl (C=O) groups is 2. The Labute approximate surface area is 178 Å². The summed E-state index contributed by atoms with van der Waals surface area (Å²) in [6.07, 6.45) is 7.07. The van der Waals surface area contributed by atoms with Crippen LogP contribution in [-0.2, 0) is 17.8 Å². The van der Waals surface area contributed by atoms with Crippen LogP contribution < -0.4 is 15.5 Å². The first-order valence-electron chi connectivity index (χ1n) is 11.2. The van der Waals surface area contributed by atoms with Crippen LogP contribution in [0.25, 0.3) is 0 Å². The predicted octanol–water partition coefficient (Wildman–Crippen LogP) is 4.66. The summed E-state index contributed by atoms with van der Waals surface area (Å²) in [5.74, 6) is -0.0864. The molecule has 2 aliphatic rings. The standard InChI is InChI=1S/C25H31N3O2/c1-2-24(29)26-21-12-13-23(28-15-14-18-8-6-7-9-19(18)17-28)22(16-21)25(30)27-20-10-4-3-5-11-20/h6-9,12-13,16,20H,2-5,10-11,14-15,17H2,1H3,(H,26,29)(H,27,30). The average molecular weight is 406 g/mol. The summed E-state index contributed by atoms with van der Waals surface area (Å²) in [6, 6.07) is 14.5. The van der Waals surface area contributed by atoms with Crippen molar-refractivity contribution < 1.29 is 9.59 Å². The van der Waals surface area contributed by atoms with Crippen molar-refractivity contribution >= 4 is 23.2 Å². The molecule has 1 aliphatic heterocycles. The van der Waals surface area contributed by atoms with E-state index >= 15 is 0 Å².